The summed E-state index contributed by atoms with van der Waals surface area (Å²) in [4.78, 5) is 0. The summed E-state index contributed by atoms with van der Waals surface area (Å²) in [6.07, 6.45) is 2.22. The highest BCUT2D eigenvalue weighted by Gasteiger charge is 2.46. The van der Waals surface area contributed by atoms with Gasteiger partial charge in [0.05, 0.1) is 29.0 Å². The largest absolute Gasteiger partial charge is 0.295 e. The van der Waals surface area contributed by atoms with E-state index in [9.17, 15) is 5.26 Å². The summed E-state index contributed by atoms with van der Waals surface area (Å²) in [6.45, 7) is 8.55. The van der Waals surface area contributed by atoms with Crippen LogP contribution >= 0.6 is 11.6 Å². The van der Waals surface area contributed by atoms with Gasteiger partial charge in [0.25, 0.3) is 0 Å². The molecule has 1 N–H and O–H groups in total. The molecule has 0 spiro atoms. The van der Waals surface area contributed by atoms with E-state index in [4.69, 9.17) is 11.6 Å². The van der Waals surface area contributed by atoms with Gasteiger partial charge in [-0.25, -0.2) is 0 Å². The van der Waals surface area contributed by atoms with Gasteiger partial charge in [0.15, 0.2) is 0 Å². The van der Waals surface area contributed by atoms with Crippen LogP contribution < -0.4 is 5.32 Å². The Morgan fingerprint density at radius 2 is 2.16 bits per heavy atom. The van der Waals surface area contributed by atoms with Crippen molar-refractivity contribution in [3.05, 3.63) is 16.4 Å². The van der Waals surface area contributed by atoms with Gasteiger partial charge in [0.2, 0.25) is 0 Å². The highest BCUT2D eigenvalue weighted by atomic mass is 35.5. The highest BCUT2D eigenvalue weighted by Crippen LogP contribution is 2.41. The lowest BCUT2D eigenvalue weighted by atomic mass is 9.93. The Balaban J connectivity index is 2.30. The number of aromatic nitrogens is 2. The third kappa shape index (κ3) is 2.77. The zero-order chi connectivity index (χ0) is 14.2. The molecule has 0 amide bonds. The smallest absolute Gasteiger partial charge is 0.129 e. The van der Waals surface area contributed by atoms with Crippen LogP contribution in [0, 0.1) is 31.1 Å². The van der Waals surface area contributed by atoms with E-state index in [1.807, 2.05) is 18.5 Å². The average Bonchev–Trinajstić information content (AvgIpc) is 3.15. The van der Waals surface area contributed by atoms with Crippen LogP contribution in [-0.4, -0.2) is 21.4 Å². The second-order valence-electron chi connectivity index (χ2n) is 5.80. The van der Waals surface area contributed by atoms with Crippen molar-refractivity contribution in [1.29, 1.82) is 5.26 Å². The summed E-state index contributed by atoms with van der Waals surface area (Å²) in [7, 11) is 0. The molecule has 1 heterocycles. The van der Waals surface area contributed by atoms with Crippen molar-refractivity contribution in [2.24, 2.45) is 5.92 Å². The van der Waals surface area contributed by atoms with E-state index in [1.165, 1.54) is 0 Å². The van der Waals surface area contributed by atoms with E-state index in [2.05, 4.69) is 30.3 Å². The van der Waals surface area contributed by atoms with Crippen LogP contribution in [-0.2, 0) is 6.54 Å². The number of hydrogen-bond acceptors (Lipinski definition) is 3. The predicted molar refractivity (Wildman–Crippen MR) is 76.1 cm³/mol. The van der Waals surface area contributed by atoms with Gasteiger partial charge in [-0.3, -0.25) is 10.00 Å². The zero-order valence-corrected chi connectivity index (χ0v) is 12.8. The standard InChI is InChI=1S/C14H21ClN4/c1-9(2)17-14(7-16,12-5-6-12)8-19-11(4)13(15)10(3)18-19/h9,12,17H,5-6,8H2,1-4H3. The first kappa shape index (κ1) is 14.4. The van der Waals surface area contributed by atoms with Crippen LogP contribution in [0.3, 0.4) is 0 Å². The van der Waals surface area contributed by atoms with Crippen LogP contribution in [0.4, 0.5) is 0 Å². The number of nitrogens with zero attached hydrogens (tertiary/aromatic N) is 3. The third-order valence-electron chi connectivity index (χ3n) is 3.71. The van der Waals surface area contributed by atoms with Crippen molar-refractivity contribution < 1.29 is 0 Å². The first-order chi connectivity index (χ1) is 8.89. The lowest BCUT2D eigenvalue weighted by Crippen LogP contribution is -2.52. The Morgan fingerprint density at radius 3 is 2.53 bits per heavy atom. The van der Waals surface area contributed by atoms with Gasteiger partial charge in [-0.15, -0.1) is 0 Å². The molecule has 1 saturated carbocycles. The summed E-state index contributed by atoms with van der Waals surface area (Å²) in [5.41, 5.74) is 1.23. The molecule has 19 heavy (non-hydrogen) atoms. The molecule has 0 aliphatic heterocycles. The van der Waals surface area contributed by atoms with Gasteiger partial charge in [0.1, 0.15) is 5.54 Å². The molecule has 1 aliphatic rings. The first-order valence-corrected chi connectivity index (χ1v) is 7.16. The summed E-state index contributed by atoms with van der Waals surface area (Å²) < 4.78 is 1.87. The summed E-state index contributed by atoms with van der Waals surface area (Å²) in [5.74, 6) is 0.419. The highest BCUT2D eigenvalue weighted by molar-refractivity contribution is 6.31. The molecule has 0 radical (unpaired) electrons. The van der Waals surface area contributed by atoms with E-state index in [-0.39, 0.29) is 6.04 Å². The molecule has 1 aromatic rings. The molecule has 1 unspecified atom stereocenters. The monoisotopic (exact) mass is 280 g/mol. The number of rotatable bonds is 5. The summed E-state index contributed by atoms with van der Waals surface area (Å²) >= 11 is 6.18. The molecule has 1 atom stereocenters. The Labute approximate surface area is 119 Å². The van der Waals surface area contributed by atoms with Gasteiger partial charge >= 0.3 is 0 Å². The van der Waals surface area contributed by atoms with E-state index < -0.39 is 5.54 Å². The summed E-state index contributed by atoms with van der Waals surface area (Å²) in [5, 5.41) is 18.3. The zero-order valence-electron chi connectivity index (χ0n) is 12.0. The molecule has 5 heteroatoms. The first-order valence-electron chi connectivity index (χ1n) is 6.78. The number of hydrogen-bond donors (Lipinski definition) is 1. The minimum absolute atomic E-state index is 0.271. The maximum Gasteiger partial charge on any atom is 0.129 e. The predicted octanol–water partition coefficient (Wildman–Crippen LogP) is 2.82. The molecule has 1 fully saturated rings. The molecule has 1 aliphatic carbocycles. The van der Waals surface area contributed by atoms with E-state index >= 15 is 0 Å². The number of aryl methyl sites for hydroxylation is 1. The van der Waals surface area contributed by atoms with Crippen molar-refractivity contribution >= 4 is 11.6 Å². The van der Waals surface area contributed by atoms with Crippen LogP contribution in [0.5, 0.6) is 0 Å². The summed E-state index contributed by atoms with van der Waals surface area (Å²) in [6, 6.07) is 2.77. The van der Waals surface area contributed by atoms with Crippen molar-refractivity contribution in [3.63, 3.8) is 0 Å². The van der Waals surface area contributed by atoms with Crippen LogP contribution in [0.1, 0.15) is 38.1 Å². The molecule has 2 rings (SSSR count). The van der Waals surface area contributed by atoms with Gasteiger partial charge in [-0.2, -0.15) is 10.4 Å². The molecule has 0 bridgehead atoms. The third-order valence-corrected chi connectivity index (χ3v) is 4.26. The molecule has 4 nitrogen and oxygen atoms in total. The lowest BCUT2D eigenvalue weighted by molar-refractivity contribution is 0.281. The Hall–Kier alpha value is -1.05. The SMILES string of the molecule is Cc1nn(CC(C#N)(NC(C)C)C2CC2)c(C)c1Cl. The maximum atomic E-state index is 9.68. The van der Waals surface area contributed by atoms with Crippen LogP contribution in [0.2, 0.25) is 5.02 Å². The second kappa shape index (κ2) is 5.15. The van der Waals surface area contributed by atoms with Crippen LogP contribution in [0.25, 0.3) is 0 Å². The average molecular weight is 281 g/mol. The minimum Gasteiger partial charge on any atom is -0.295 e. The second-order valence-corrected chi connectivity index (χ2v) is 6.18. The van der Waals surface area contributed by atoms with Crippen LogP contribution in [0.15, 0.2) is 0 Å². The van der Waals surface area contributed by atoms with Crippen molar-refractivity contribution in [3.8, 4) is 6.07 Å². The van der Waals surface area contributed by atoms with E-state index in [0.717, 1.165) is 24.2 Å². The van der Waals surface area contributed by atoms with Gasteiger partial charge in [-0.05, 0) is 46.5 Å². The van der Waals surface area contributed by atoms with Crippen molar-refractivity contribution in [2.75, 3.05) is 0 Å². The fraction of sp³-hybridized carbons (Fsp3) is 0.714. The Bertz CT molecular complexity index is 510. The lowest BCUT2D eigenvalue weighted by Gasteiger charge is -2.30. The van der Waals surface area contributed by atoms with Gasteiger partial charge in [0, 0.05) is 6.04 Å². The molecular formula is C14H21ClN4. The fourth-order valence-electron chi connectivity index (χ4n) is 2.61. The molecule has 104 valence electrons. The number of halogens is 1. The van der Waals surface area contributed by atoms with E-state index in [0.29, 0.717) is 17.5 Å². The molecule has 0 aromatic carbocycles. The van der Waals surface area contributed by atoms with Gasteiger partial charge in [-0.1, -0.05) is 11.6 Å². The van der Waals surface area contributed by atoms with Crippen molar-refractivity contribution in [2.45, 2.75) is 58.7 Å². The Kier molecular flexibility index (Phi) is 3.89. The quantitative estimate of drug-likeness (QED) is 0.902. The molecule has 1 aromatic heterocycles. The van der Waals surface area contributed by atoms with Gasteiger partial charge < -0.3 is 0 Å². The number of nitriles is 1. The fourth-order valence-corrected chi connectivity index (χ4v) is 2.74. The van der Waals surface area contributed by atoms with E-state index in [1.54, 1.807) is 0 Å². The normalized spacial score (nSPS) is 18.4. The maximum absolute atomic E-state index is 9.68. The molecule has 0 saturated heterocycles. The molecular weight excluding hydrogens is 260 g/mol. The minimum atomic E-state index is -0.527. The topological polar surface area (TPSA) is 53.6 Å². The Morgan fingerprint density at radius 1 is 1.53 bits per heavy atom. The number of nitrogens with one attached hydrogen (secondary N) is 1. The van der Waals surface area contributed by atoms with Crippen molar-refractivity contribution in [1.82, 2.24) is 15.1 Å².